The van der Waals surface area contributed by atoms with Crippen LogP contribution in [-0.4, -0.2) is 19.3 Å². The molecule has 15 heavy (non-hydrogen) atoms. The van der Waals surface area contributed by atoms with Crippen LogP contribution in [0.25, 0.3) is 0 Å². The van der Waals surface area contributed by atoms with Crippen molar-refractivity contribution in [3.05, 3.63) is 35.9 Å². The van der Waals surface area contributed by atoms with Gasteiger partial charge < -0.3 is 9.47 Å². The van der Waals surface area contributed by atoms with Gasteiger partial charge in [0.25, 0.3) is 0 Å². The number of ether oxygens (including phenoxy) is 2. The Morgan fingerprint density at radius 3 is 2.60 bits per heavy atom. The Balaban J connectivity index is 2.05. The summed E-state index contributed by atoms with van der Waals surface area (Å²) in [6.45, 7) is 5.86. The molecule has 0 amide bonds. The molecule has 1 aliphatic heterocycles. The lowest BCUT2D eigenvalue weighted by atomic mass is 9.93. The second-order valence-electron chi connectivity index (χ2n) is 4.22. The van der Waals surface area contributed by atoms with E-state index in [1.807, 2.05) is 6.07 Å². The molecule has 1 aromatic rings. The molecule has 2 unspecified atom stereocenters. The Kier molecular flexibility index (Phi) is 3.08. The van der Waals surface area contributed by atoms with Gasteiger partial charge in [-0.2, -0.15) is 0 Å². The maximum absolute atomic E-state index is 5.96. The van der Waals surface area contributed by atoms with Crippen LogP contribution >= 0.6 is 0 Å². The molecule has 0 radical (unpaired) electrons. The first-order valence-electron chi connectivity index (χ1n) is 5.56. The van der Waals surface area contributed by atoms with Gasteiger partial charge in [0.15, 0.2) is 0 Å². The van der Waals surface area contributed by atoms with E-state index >= 15 is 0 Å². The summed E-state index contributed by atoms with van der Waals surface area (Å²) in [5, 5.41) is 0. The van der Waals surface area contributed by atoms with Gasteiger partial charge >= 0.3 is 0 Å². The fourth-order valence-corrected chi connectivity index (χ4v) is 1.62. The first-order chi connectivity index (χ1) is 7.24. The van der Waals surface area contributed by atoms with Gasteiger partial charge in [0, 0.05) is 0 Å². The van der Waals surface area contributed by atoms with E-state index in [0.717, 1.165) is 13.0 Å². The maximum atomic E-state index is 5.96. The summed E-state index contributed by atoms with van der Waals surface area (Å²) in [5.74, 6) is 0. The lowest BCUT2D eigenvalue weighted by Gasteiger charge is -2.29. The molecule has 0 bridgehead atoms. The molecule has 0 N–H and O–H groups in total. The van der Waals surface area contributed by atoms with E-state index in [1.165, 1.54) is 5.56 Å². The van der Waals surface area contributed by atoms with Crippen LogP contribution in [0.1, 0.15) is 25.8 Å². The summed E-state index contributed by atoms with van der Waals surface area (Å²) >= 11 is 0. The highest BCUT2D eigenvalue weighted by atomic mass is 16.6. The van der Waals surface area contributed by atoms with Crippen molar-refractivity contribution in [1.82, 2.24) is 0 Å². The van der Waals surface area contributed by atoms with Crippen LogP contribution < -0.4 is 0 Å². The second kappa shape index (κ2) is 4.33. The third kappa shape index (κ3) is 2.58. The number of benzene rings is 1. The first kappa shape index (κ1) is 10.7. The largest absolute Gasteiger partial charge is 0.371 e. The normalized spacial score (nSPS) is 23.5. The Morgan fingerprint density at radius 1 is 1.40 bits per heavy atom. The van der Waals surface area contributed by atoms with Crippen LogP contribution in [0, 0.1) is 0 Å². The van der Waals surface area contributed by atoms with E-state index in [0.29, 0.717) is 12.7 Å². The van der Waals surface area contributed by atoms with Crippen molar-refractivity contribution in [3.8, 4) is 0 Å². The van der Waals surface area contributed by atoms with Crippen LogP contribution in [0.3, 0.4) is 0 Å². The standard InChI is InChI=1S/C13H18O2/c1-3-13(2,15-10-12-9-14-12)11-7-5-4-6-8-11/h4-8,12H,3,9-10H2,1-2H3. The lowest BCUT2D eigenvalue weighted by Crippen LogP contribution is -2.26. The highest BCUT2D eigenvalue weighted by Gasteiger charge is 2.30. The topological polar surface area (TPSA) is 21.8 Å². The molecule has 1 saturated heterocycles. The molecule has 0 aliphatic carbocycles. The van der Waals surface area contributed by atoms with Crippen molar-refractivity contribution in [3.63, 3.8) is 0 Å². The molecule has 0 aromatic heterocycles. The molecule has 2 rings (SSSR count). The summed E-state index contributed by atoms with van der Waals surface area (Å²) < 4.78 is 11.1. The fraction of sp³-hybridized carbons (Fsp3) is 0.538. The Labute approximate surface area is 91.2 Å². The zero-order chi connectivity index (χ0) is 10.7. The number of hydrogen-bond donors (Lipinski definition) is 0. The molecular formula is C13H18O2. The van der Waals surface area contributed by atoms with E-state index in [2.05, 4.69) is 38.1 Å². The zero-order valence-corrected chi connectivity index (χ0v) is 9.40. The molecule has 1 aromatic carbocycles. The fourth-order valence-electron chi connectivity index (χ4n) is 1.62. The predicted octanol–water partition coefficient (Wildman–Crippen LogP) is 2.73. The van der Waals surface area contributed by atoms with Crippen LogP contribution in [-0.2, 0) is 15.1 Å². The van der Waals surface area contributed by atoms with Gasteiger partial charge in [-0.15, -0.1) is 0 Å². The summed E-state index contributed by atoms with van der Waals surface area (Å²) in [5.41, 5.74) is 1.07. The predicted molar refractivity (Wildman–Crippen MR) is 59.8 cm³/mol. The summed E-state index contributed by atoms with van der Waals surface area (Å²) in [6, 6.07) is 10.4. The quantitative estimate of drug-likeness (QED) is 0.691. The van der Waals surface area contributed by atoms with E-state index in [4.69, 9.17) is 9.47 Å². The van der Waals surface area contributed by atoms with Gasteiger partial charge in [0.05, 0.1) is 18.8 Å². The third-order valence-corrected chi connectivity index (χ3v) is 3.05. The van der Waals surface area contributed by atoms with Crippen LogP contribution in [0.2, 0.25) is 0 Å². The maximum Gasteiger partial charge on any atom is 0.104 e. The summed E-state index contributed by atoms with van der Waals surface area (Å²) in [6.07, 6.45) is 1.31. The Bertz CT molecular complexity index is 306. The Morgan fingerprint density at radius 2 is 2.07 bits per heavy atom. The SMILES string of the molecule is CCC(C)(OCC1CO1)c1ccccc1. The van der Waals surface area contributed by atoms with Gasteiger partial charge in [-0.1, -0.05) is 37.3 Å². The van der Waals surface area contributed by atoms with Gasteiger partial charge in [-0.3, -0.25) is 0 Å². The van der Waals surface area contributed by atoms with Crippen molar-refractivity contribution in [2.75, 3.05) is 13.2 Å². The summed E-state index contributed by atoms with van der Waals surface area (Å²) in [7, 11) is 0. The van der Waals surface area contributed by atoms with Crippen molar-refractivity contribution >= 4 is 0 Å². The lowest BCUT2D eigenvalue weighted by molar-refractivity contribution is -0.0454. The van der Waals surface area contributed by atoms with Gasteiger partial charge in [0.1, 0.15) is 6.10 Å². The monoisotopic (exact) mass is 206 g/mol. The molecular weight excluding hydrogens is 188 g/mol. The van der Waals surface area contributed by atoms with Gasteiger partial charge in [0.2, 0.25) is 0 Å². The second-order valence-corrected chi connectivity index (χ2v) is 4.22. The number of rotatable bonds is 5. The van der Waals surface area contributed by atoms with Crippen molar-refractivity contribution < 1.29 is 9.47 Å². The van der Waals surface area contributed by atoms with Gasteiger partial charge in [-0.05, 0) is 18.9 Å². The van der Waals surface area contributed by atoms with E-state index in [1.54, 1.807) is 0 Å². The molecule has 0 saturated carbocycles. The minimum atomic E-state index is -0.173. The van der Waals surface area contributed by atoms with Crippen molar-refractivity contribution in [1.29, 1.82) is 0 Å². The van der Waals surface area contributed by atoms with Crippen LogP contribution in [0.5, 0.6) is 0 Å². The van der Waals surface area contributed by atoms with Crippen LogP contribution in [0.15, 0.2) is 30.3 Å². The first-order valence-corrected chi connectivity index (χ1v) is 5.56. The third-order valence-electron chi connectivity index (χ3n) is 3.05. The summed E-state index contributed by atoms with van der Waals surface area (Å²) in [4.78, 5) is 0. The average molecular weight is 206 g/mol. The molecule has 2 atom stereocenters. The highest BCUT2D eigenvalue weighted by molar-refractivity contribution is 5.21. The molecule has 1 heterocycles. The minimum absolute atomic E-state index is 0.173. The van der Waals surface area contributed by atoms with Crippen LogP contribution in [0.4, 0.5) is 0 Å². The molecule has 1 fully saturated rings. The van der Waals surface area contributed by atoms with E-state index < -0.39 is 0 Å². The zero-order valence-electron chi connectivity index (χ0n) is 9.40. The average Bonchev–Trinajstić information content (AvgIpc) is 3.11. The number of epoxide rings is 1. The van der Waals surface area contributed by atoms with Crippen molar-refractivity contribution in [2.24, 2.45) is 0 Å². The smallest absolute Gasteiger partial charge is 0.104 e. The van der Waals surface area contributed by atoms with Crippen molar-refractivity contribution in [2.45, 2.75) is 32.0 Å². The van der Waals surface area contributed by atoms with E-state index in [9.17, 15) is 0 Å². The molecule has 0 spiro atoms. The molecule has 2 nitrogen and oxygen atoms in total. The minimum Gasteiger partial charge on any atom is -0.371 e. The molecule has 2 heteroatoms. The highest BCUT2D eigenvalue weighted by Crippen LogP contribution is 2.29. The van der Waals surface area contributed by atoms with E-state index in [-0.39, 0.29) is 5.60 Å². The van der Waals surface area contributed by atoms with Gasteiger partial charge in [-0.25, -0.2) is 0 Å². The molecule has 1 aliphatic rings. The number of hydrogen-bond acceptors (Lipinski definition) is 2. The molecule has 82 valence electrons. The Hall–Kier alpha value is -0.860.